The van der Waals surface area contributed by atoms with Crippen molar-refractivity contribution in [3.8, 4) is 11.6 Å². The van der Waals surface area contributed by atoms with Crippen LogP contribution in [0.1, 0.15) is 10.4 Å². The quantitative estimate of drug-likeness (QED) is 0.905. The highest BCUT2D eigenvalue weighted by molar-refractivity contribution is 5.88. The summed E-state index contributed by atoms with van der Waals surface area (Å²) in [5.41, 5.74) is 0.166. The molecule has 6 nitrogen and oxygen atoms in total. The molecule has 0 saturated carbocycles. The van der Waals surface area contributed by atoms with Crippen LogP contribution in [-0.2, 0) is 0 Å². The molecule has 0 amide bonds. The Morgan fingerprint density at radius 2 is 2.11 bits per heavy atom. The minimum atomic E-state index is -0.998. The number of nitrogens with zero attached hydrogens (tertiary/aromatic N) is 3. The van der Waals surface area contributed by atoms with Crippen molar-refractivity contribution in [3.63, 3.8) is 0 Å². The highest BCUT2D eigenvalue weighted by Gasteiger charge is 2.06. The Balaban J connectivity index is 2.23. The second kappa shape index (κ2) is 5.34. The lowest BCUT2D eigenvalue weighted by atomic mass is 10.2. The van der Waals surface area contributed by atoms with Crippen LogP contribution in [0.2, 0.25) is 0 Å². The molecule has 1 aromatic heterocycles. The van der Waals surface area contributed by atoms with E-state index in [0.29, 0.717) is 17.6 Å². The monoisotopic (exact) mass is 259 g/mol. The second-order valence-electron chi connectivity index (χ2n) is 4.02. The molecular formula is C13H13N3O3. The van der Waals surface area contributed by atoms with Crippen LogP contribution in [0.15, 0.2) is 36.5 Å². The van der Waals surface area contributed by atoms with Crippen molar-refractivity contribution in [2.75, 3.05) is 19.0 Å². The average Bonchev–Trinajstić information content (AvgIpc) is 2.39. The van der Waals surface area contributed by atoms with E-state index in [2.05, 4.69) is 9.97 Å². The van der Waals surface area contributed by atoms with Crippen molar-refractivity contribution in [2.24, 2.45) is 0 Å². The first-order chi connectivity index (χ1) is 9.06. The van der Waals surface area contributed by atoms with Gasteiger partial charge in [-0.3, -0.25) is 0 Å². The van der Waals surface area contributed by atoms with Gasteiger partial charge in [0.25, 0.3) is 0 Å². The van der Waals surface area contributed by atoms with Gasteiger partial charge in [0.05, 0.1) is 5.56 Å². The van der Waals surface area contributed by atoms with Crippen LogP contribution in [0.5, 0.6) is 11.6 Å². The molecule has 0 saturated heterocycles. The minimum absolute atomic E-state index is 0.166. The van der Waals surface area contributed by atoms with E-state index in [1.54, 1.807) is 29.3 Å². The Kier molecular flexibility index (Phi) is 3.61. The third-order valence-corrected chi connectivity index (χ3v) is 2.32. The number of carboxylic acid groups (broad SMARTS) is 1. The lowest BCUT2D eigenvalue weighted by Crippen LogP contribution is -2.12. The zero-order chi connectivity index (χ0) is 13.8. The number of benzene rings is 1. The highest BCUT2D eigenvalue weighted by Crippen LogP contribution is 2.21. The molecule has 98 valence electrons. The number of rotatable bonds is 4. The van der Waals surface area contributed by atoms with Gasteiger partial charge >= 0.3 is 5.97 Å². The molecule has 0 bridgehead atoms. The number of hydrogen-bond donors (Lipinski definition) is 1. The molecule has 6 heteroatoms. The Morgan fingerprint density at radius 1 is 1.32 bits per heavy atom. The van der Waals surface area contributed by atoms with Gasteiger partial charge in [0.15, 0.2) is 0 Å². The maximum atomic E-state index is 10.9. The Morgan fingerprint density at radius 3 is 2.79 bits per heavy atom. The van der Waals surface area contributed by atoms with Crippen LogP contribution in [-0.4, -0.2) is 35.1 Å². The Hall–Kier alpha value is -2.63. The lowest BCUT2D eigenvalue weighted by Gasteiger charge is -2.11. The van der Waals surface area contributed by atoms with Crippen molar-refractivity contribution in [2.45, 2.75) is 0 Å². The number of anilines is 1. The van der Waals surface area contributed by atoms with Gasteiger partial charge in [-0.25, -0.2) is 9.78 Å². The van der Waals surface area contributed by atoms with E-state index in [4.69, 9.17) is 9.84 Å². The topological polar surface area (TPSA) is 75.6 Å². The van der Waals surface area contributed by atoms with E-state index in [1.165, 1.54) is 12.1 Å². The summed E-state index contributed by atoms with van der Waals surface area (Å²) in [4.78, 5) is 20.9. The number of carboxylic acids is 1. The second-order valence-corrected chi connectivity index (χ2v) is 4.02. The van der Waals surface area contributed by atoms with E-state index < -0.39 is 5.97 Å². The van der Waals surface area contributed by atoms with Crippen LogP contribution >= 0.6 is 0 Å². The smallest absolute Gasteiger partial charge is 0.335 e. The number of carbonyl (C=O) groups is 1. The Labute approximate surface area is 110 Å². The summed E-state index contributed by atoms with van der Waals surface area (Å²) in [7, 11) is 3.65. The van der Waals surface area contributed by atoms with Crippen LogP contribution < -0.4 is 9.64 Å². The molecule has 19 heavy (non-hydrogen) atoms. The Bertz CT molecular complexity index is 599. The molecule has 0 unspecified atom stereocenters. The first-order valence-electron chi connectivity index (χ1n) is 5.58. The summed E-state index contributed by atoms with van der Waals surface area (Å²) >= 11 is 0. The van der Waals surface area contributed by atoms with Crippen molar-refractivity contribution >= 4 is 11.9 Å². The summed E-state index contributed by atoms with van der Waals surface area (Å²) in [5, 5.41) is 8.90. The molecule has 2 rings (SSSR count). The van der Waals surface area contributed by atoms with E-state index in [1.807, 2.05) is 14.1 Å². The van der Waals surface area contributed by atoms with Gasteiger partial charge in [0.1, 0.15) is 5.75 Å². The molecule has 0 radical (unpaired) electrons. The molecule has 1 N–H and O–H groups in total. The van der Waals surface area contributed by atoms with Crippen molar-refractivity contribution in [1.82, 2.24) is 9.97 Å². The molecular weight excluding hydrogens is 246 g/mol. The van der Waals surface area contributed by atoms with E-state index in [-0.39, 0.29) is 5.56 Å². The van der Waals surface area contributed by atoms with Crippen molar-refractivity contribution < 1.29 is 14.6 Å². The summed E-state index contributed by atoms with van der Waals surface area (Å²) in [6, 6.07) is 7.84. The molecule has 1 aromatic carbocycles. The van der Waals surface area contributed by atoms with Gasteiger partial charge in [-0.05, 0) is 18.2 Å². The SMILES string of the molecule is CN(C)c1nccc(Oc2cccc(C(=O)O)c2)n1. The van der Waals surface area contributed by atoms with E-state index in [0.717, 1.165) is 0 Å². The number of aromatic carboxylic acids is 1. The van der Waals surface area contributed by atoms with Gasteiger partial charge in [-0.15, -0.1) is 0 Å². The normalized spacial score (nSPS) is 10.0. The average molecular weight is 259 g/mol. The predicted octanol–water partition coefficient (Wildman–Crippen LogP) is 2.03. The fourth-order valence-corrected chi connectivity index (χ4v) is 1.42. The third-order valence-electron chi connectivity index (χ3n) is 2.32. The van der Waals surface area contributed by atoms with Crippen LogP contribution in [0.4, 0.5) is 5.95 Å². The zero-order valence-corrected chi connectivity index (χ0v) is 10.6. The van der Waals surface area contributed by atoms with Gasteiger partial charge in [-0.2, -0.15) is 4.98 Å². The largest absolute Gasteiger partial charge is 0.478 e. The van der Waals surface area contributed by atoms with Crippen LogP contribution in [0.25, 0.3) is 0 Å². The standard InChI is InChI=1S/C13H13N3O3/c1-16(2)13-14-7-6-11(15-13)19-10-5-3-4-9(8-10)12(17)18/h3-8H,1-2H3,(H,17,18). The molecule has 0 aliphatic heterocycles. The minimum Gasteiger partial charge on any atom is -0.478 e. The maximum Gasteiger partial charge on any atom is 0.335 e. The summed E-state index contributed by atoms with van der Waals surface area (Å²) in [5.74, 6) is 0.304. The molecule has 0 fully saturated rings. The van der Waals surface area contributed by atoms with Gasteiger partial charge in [0.2, 0.25) is 11.8 Å². The number of ether oxygens (including phenoxy) is 1. The van der Waals surface area contributed by atoms with Crippen LogP contribution in [0, 0.1) is 0 Å². The van der Waals surface area contributed by atoms with Crippen molar-refractivity contribution in [3.05, 3.63) is 42.1 Å². The third kappa shape index (κ3) is 3.19. The highest BCUT2D eigenvalue weighted by atomic mass is 16.5. The van der Waals surface area contributed by atoms with Gasteiger partial charge in [0, 0.05) is 26.4 Å². The van der Waals surface area contributed by atoms with Crippen molar-refractivity contribution in [1.29, 1.82) is 0 Å². The van der Waals surface area contributed by atoms with Crippen LogP contribution in [0.3, 0.4) is 0 Å². The van der Waals surface area contributed by atoms with Gasteiger partial charge in [-0.1, -0.05) is 6.07 Å². The summed E-state index contributed by atoms with van der Waals surface area (Å²) in [6.45, 7) is 0. The zero-order valence-electron chi connectivity index (χ0n) is 10.6. The predicted molar refractivity (Wildman–Crippen MR) is 69.8 cm³/mol. The fraction of sp³-hybridized carbons (Fsp3) is 0.154. The van der Waals surface area contributed by atoms with E-state index in [9.17, 15) is 4.79 Å². The molecule has 0 aliphatic carbocycles. The maximum absolute atomic E-state index is 10.9. The molecule has 2 aromatic rings. The molecule has 0 aliphatic rings. The lowest BCUT2D eigenvalue weighted by molar-refractivity contribution is 0.0696. The molecule has 0 spiro atoms. The number of hydrogen-bond acceptors (Lipinski definition) is 5. The molecule has 1 heterocycles. The number of aromatic nitrogens is 2. The summed E-state index contributed by atoms with van der Waals surface area (Å²) < 4.78 is 5.52. The first-order valence-corrected chi connectivity index (χ1v) is 5.58. The van der Waals surface area contributed by atoms with E-state index >= 15 is 0 Å². The first kappa shape index (κ1) is 12.8. The molecule has 0 atom stereocenters. The van der Waals surface area contributed by atoms with Gasteiger partial charge < -0.3 is 14.7 Å². The fourth-order valence-electron chi connectivity index (χ4n) is 1.42. The summed E-state index contributed by atoms with van der Waals surface area (Å²) in [6.07, 6.45) is 1.58.